The van der Waals surface area contributed by atoms with Crippen LogP contribution in [0.5, 0.6) is 0 Å². The molecular weight excluding hydrogens is 288 g/mol. The fourth-order valence-corrected chi connectivity index (χ4v) is 2.78. The van der Waals surface area contributed by atoms with Gasteiger partial charge in [-0.25, -0.2) is 4.98 Å². The summed E-state index contributed by atoms with van der Waals surface area (Å²) in [6, 6.07) is 5.34. The summed E-state index contributed by atoms with van der Waals surface area (Å²) in [6.45, 7) is 2.08. The van der Waals surface area contributed by atoms with Crippen molar-refractivity contribution in [1.29, 1.82) is 0 Å². The minimum absolute atomic E-state index is 0.0377. The van der Waals surface area contributed by atoms with Crippen LogP contribution in [0.25, 0.3) is 0 Å². The number of nitrogens with two attached hydrogens (primary N) is 1. The molecule has 0 fully saturated rings. The van der Waals surface area contributed by atoms with Gasteiger partial charge >= 0.3 is 0 Å². The number of sulfonamides is 1. The number of hydrogen-bond donors (Lipinski definition) is 2. The normalized spacial score (nSPS) is 10.8. The third-order valence-electron chi connectivity index (χ3n) is 2.70. The van der Waals surface area contributed by atoms with E-state index in [-0.39, 0.29) is 11.6 Å². The van der Waals surface area contributed by atoms with Crippen LogP contribution in [0.4, 0.5) is 5.69 Å². The smallest absolute Gasteiger partial charge is 0.280 e. The predicted octanol–water partition coefficient (Wildman–Crippen LogP) is 0.840. The van der Waals surface area contributed by atoms with Gasteiger partial charge in [-0.1, -0.05) is 17.9 Å². The fourth-order valence-electron chi connectivity index (χ4n) is 1.72. The minimum atomic E-state index is -3.74. The Morgan fingerprint density at radius 3 is 2.81 bits per heavy atom. The van der Waals surface area contributed by atoms with E-state index in [0.29, 0.717) is 11.3 Å². The minimum Gasteiger partial charge on any atom is -0.339 e. The molecule has 0 saturated carbocycles. The molecule has 1 aromatic heterocycles. The number of hydrogen-bond acceptors (Lipinski definition) is 4. The Bertz CT molecular complexity index is 813. The van der Waals surface area contributed by atoms with E-state index in [4.69, 9.17) is 5.73 Å². The van der Waals surface area contributed by atoms with Gasteiger partial charge in [0.15, 0.2) is 5.03 Å². The van der Waals surface area contributed by atoms with E-state index >= 15 is 0 Å². The van der Waals surface area contributed by atoms with Gasteiger partial charge in [-0.2, -0.15) is 8.42 Å². The van der Waals surface area contributed by atoms with Crippen LogP contribution in [0.3, 0.4) is 0 Å². The number of nitrogens with one attached hydrogen (secondary N) is 1. The van der Waals surface area contributed by atoms with E-state index in [0.717, 1.165) is 5.56 Å². The Labute approximate surface area is 124 Å². The third-order valence-corrected chi connectivity index (χ3v) is 3.95. The van der Waals surface area contributed by atoms with Crippen LogP contribution in [0.15, 0.2) is 35.7 Å². The number of aryl methyl sites for hydroxylation is 2. The summed E-state index contributed by atoms with van der Waals surface area (Å²) in [5, 5.41) is -0.0377. The van der Waals surface area contributed by atoms with Crippen molar-refractivity contribution in [3.05, 3.63) is 41.9 Å². The highest BCUT2D eigenvalue weighted by molar-refractivity contribution is 7.92. The molecule has 0 amide bonds. The number of aromatic nitrogens is 2. The number of benzene rings is 1. The predicted molar refractivity (Wildman–Crippen MR) is 81.1 cm³/mol. The molecule has 1 aromatic carbocycles. The Balaban J connectivity index is 2.41. The van der Waals surface area contributed by atoms with Crippen LogP contribution in [-0.2, 0) is 17.1 Å². The van der Waals surface area contributed by atoms with Crippen LogP contribution >= 0.6 is 0 Å². The molecule has 0 aliphatic rings. The Morgan fingerprint density at radius 2 is 2.19 bits per heavy atom. The van der Waals surface area contributed by atoms with Gasteiger partial charge in [-0.15, -0.1) is 0 Å². The maximum absolute atomic E-state index is 12.3. The summed E-state index contributed by atoms with van der Waals surface area (Å²) in [4.78, 5) is 3.85. The Kier molecular flexibility index (Phi) is 4.31. The number of imidazole rings is 1. The molecule has 0 atom stereocenters. The molecular formula is C14H16N4O2S. The summed E-state index contributed by atoms with van der Waals surface area (Å²) in [5.74, 6) is 5.57. The lowest BCUT2D eigenvalue weighted by atomic mass is 10.1. The molecule has 7 heteroatoms. The SMILES string of the molecule is Cc1ccc(C#CCN)c(NS(=O)(=O)c2cn(C)cn2)c1. The monoisotopic (exact) mass is 304 g/mol. The average molecular weight is 304 g/mol. The molecule has 1 heterocycles. The van der Waals surface area contributed by atoms with Crippen molar-refractivity contribution in [3.63, 3.8) is 0 Å². The fraction of sp³-hybridized carbons (Fsp3) is 0.214. The molecule has 0 aliphatic carbocycles. The molecule has 0 radical (unpaired) electrons. The second kappa shape index (κ2) is 5.99. The molecule has 2 rings (SSSR count). The van der Waals surface area contributed by atoms with Crippen molar-refractivity contribution in [2.45, 2.75) is 11.9 Å². The molecule has 0 saturated heterocycles. The Hall–Kier alpha value is -2.30. The van der Waals surface area contributed by atoms with Crippen molar-refractivity contribution in [1.82, 2.24) is 9.55 Å². The van der Waals surface area contributed by atoms with Gasteiger partial charge in [0.05, 0.1) is 18.6 Å². The highest BCUT2D eigenvalue weighted by Crippen LogP contribution is 2.20. The van der Waals surface area contributed by atoms with Crippen LogP contribution in [0.1, 0.15) is 11.1 Å². The van der Waals surface area contributed by atoms with E-state index in [1.54, 1.807) is 23.7 Å². The Morgan fingerprint density at radius 1 is 1.43 bits per heavy atom. The standard InChI is InChI=1S/C14H16N4O2S/c1-11-5-6-12(4-3-7-15)13(8-11)17-21(19,20)14-9-18(2)10-16-14/h5-6,8-10,17H,7,15H2,1-2H3. The third kappa shape index (κ3) is 3.62. The molecule has 0 unspecified atom stereocenters. The largest absolute Gasteiger partial charge is 0.339 e. The van der Waals surface area contributed by atoms with Crippen LogP contribution in [-0.4, -0.2) is 24.5 Å². The van der Waals surface area contributed by atoms with Crippen LogP contribution in [0.2, 0.25) is 0 Å². The molecule has 6 nitrogen and oxygen atoms in total. The van der Waals surface area contributed by atoms with E-state index in [9.17, 15) is 8.42 Å². The first kappa shape index (κ1) is 15.1. The number of anilines is 1. The summed E-state index contributed by atoms with van der Waals surface area (Å²) in [5.41, 5.74) is 7.27. The number of rotatable bonds is 3. The lowest BCUT2D eigenvalue weighted by Crippen LogP contribution is -2.14. The maximum Gasteiger partial charge on any atom is 0.280 e. The summed E-state index contributed by atoms with van der Waals surface area (Å²) in [6.07, 6.45) is 2.86. The lowest BCUT2D eigenvalue weighted by molar-refractivity contribution is 0.598. The molecule has 3 N–H and O–H groups in total. The van der Waals surface area contributed by atoms with Gasteiger partial charge in [0.25, 0.3) is 10.0 Å². The van der Waals surface area contributed by atoms with Crippen LogP contribution < -0.4 is 10.5 Å². The van der Waals surface area contributed by atoms with Gasteiger partial charge in [-0.3, -0.25) is 4.72 Å². The molecule has 0 bridgehead atoms. The highest BCUT2D eigenvalue weighted by atomic mass is 32.2. The summed E-state index contributed by atoms with van der Waals surface area (Å²) in [7, 11) is -2.03. The number of nitrogens with zero attached hydrogens (tertiary/aromatic N) is 2. The highest BCUT2D eigenvalue weighted by Gasteiger charge is 2.18. The zero-order valence-electron chi connectivity index (χ0n) is 11.8. The zero-order valence-corrected chi connectivity index (χ0v) is 12.6. The zero-order chi connectivity index (χ0) is 15.5. The average Bonchev–Trinajstić information content (AvgIpc) is 2.85. The molecule has 0 aliphatic heterocycles. The maximum atomic E-state index is 12.3. The summed E-state index contributed by atoms with van der Waals surface area (Å²) >= 11 is 0. The molecule has 2 aromatic rings. The molecule has 21 heavy (non-hydrogen) atoms. The van der Waals surface area contributed by atoms with Crippen LogP contribution in [0, 0.1) is 18.8 Å². The molecule has 0 spiro atoms. The summed E-state index contributed by atoms with van der Waals surface area (Å²) < 4.78 is 28.7. The van der Waals surface area contributed by atoms with Gasteiger partial charge in [0.1, 0.15) is 0 Å². The lowest BCUT2D eigenvalue weighted by Gasteiger charge is -2.09. The van der Waals surface area contributed by atoms with Gasteiger partial charge in [0, 0.05) is 18.8 Å². The van der Waals surface area contributed by atoms with Gasteiger partial charge in [0.2, 0.25) is 0 Å². The van der Waals surface area contributed by atoms with E-state index in [1.807, 2.05) is 13.0 Å². The van der Waals surface area contributed by atoms with E-state index in [1.165, 1.54) is 12.5 Å². The van der Waals surface area contributed by atoms with E-state index in [2.05, 4.69) is 21.5 Å². The van der Waals surface area contributed by atoms with Crippen molar-refractivity contribution in [2.24, 2.45) is 12.8 Å². The van der Waals surface area contributed by atoms with E-state index < -0.39 is 10.0 Å². The van der Waals surface area contributed by atoms with Crippen molar-refractivity contribution >= 4 is 15.7 Å². The topological polar surface area (TPSA) is 90.0 Å². The van der Waals surface area contributed by atoms with Gasteiger partial charge < -0.3 is 10.3 Å². The quantitative estimate of drug-likeness (QED) is 0.822. The first-order valence-electron chi connectivity index (χ1n) is 6.23. The van der Waals surface area contributed by atoms with Crippen molar-refractivity contribution in [2.75, 3.05) is 11.3 Å². The second-order valence-corrected chi connectivity index (χ2v) is 6.17. The van der Waals surface area contributed by atoms with Crippen molar-refractivity contribution < 1.29 is 8.42 Å². The first-order chi connectivity index (χ1) is 9.92. The molecule has 110 valence electrons. The van der Waals surface area contributed by atoms with Gasteiger partial charge in [-0.05, 0) is 24.6 Å². The second-order valence-electron chi connectivity index (χ2n) is 4.54. The first-order valence-corrected chi connectivity index (χ1v) is 7.71. The van der Waals surface area contributed by atoms with Crippen molar-refractivity contribution in [3.8, 4) is 11.8 Å².